The van der Waals surface area contributed by atoms with Crippen molar-refractivity contribution < 1.29 is 9.53 Å². The second-order valence-corrected chi connectivity index (χ2v) is 5.51. The molecule has 20 heavy (non-hydrogen) atoms. The summed E-state index contributed by atoms with van der Waals surface area (Å²) in [6, 6.07) is 7.49. The number of carbonyl (C=O) groups is 1. The van der Waals surface area contributed by atoms with Gasteiger partial charge in [-0.2, -0.15) is 0 Å². The van der Waals surface area contributed by atoms with Crippen molar-refractivity contribution in [2.24, 2.45) is 0 Å². The minimum absolute atomic E-state index is 0.0497. The van der Waals surface area contributed by atoms with Crippen molar-refractivity contribution in [3.8, 4) is 5.75 Å². The van der Waals surface area contributed by atoms with Crippen molar-refractivity contribution in [2.45, 2.75) is 44.6 Å². The van der Waals surface area contributed by atoms with Gasteiger partial charge in [0, 0.05) is 18.8 Å². The lowest BCUT2D eigenvalue weighted by Crippen LogP contribution is -2.39. The van der Waals surface area contributed by atoms with Crippen LogP contribution in [0.25, 0.3) is 0 Å². The number of likely N-dealkylation sites (N-methyl/N-ethyl adjacent to an activating group) is 1. The Hall–Kier alpha value is -1.71. The molecule has 4 heteroatoms. The average molecular weight is 276 g/mol. The highest BCUT2D eigenvalue weighted by Crippen LogP contribution is 2.21. The molecule has 0 heterocycles. The maximum Gasteiger partial charge on any atom is 0.260 e. The van der Waals surface area contributed by atoms with Gasteiger partial charge in [0.2, 0.25) is 0 Å². The van der Waals surface area contributed by atoms with Crippen molar-refractivity contribution in [3.63, 3.8) is 0 Å². The summed E-state index contributed by atoms with van der Waals surface area (Å²) in [5, 5.41) is 0. The highest BCUT2D eigenvalue weighted by atomic mass is 16.5. The van der Waals surface area contributed by atoms with Crippen LogP contribution in [0.15, 0.2) is 24.3 Å². The monoisotopic (exact) mass is 276 g/mol. The normalized spacial score (nSPS) is 16.4. The number of rotatable bonds is 4. The predicted molar refractivity (Wildman–Crippen MR) is 80.6 cm³/mol. The third-order valence-electron chi connectivity index (χ3n) is 4.01. The van der Waals surface area contributed by atoms with E-state index in [1.807, 2.05) is 11.9 Å². The Bertz CT molecular complexity index is 423. The third kappa shape index (κ3) is 4.15. The first-order valence-electron chi connectivity index (χ1n) is 7.41. The van der Waals surface area contributed by atoms with Gasteiger partial charge in [-0.1, -0.05) is 25.7 Å². The molecule has 1 amide bonds. The fraction of sp³-hybridized carbons (Fsp3) is 0.562. The number of nitrogens with zero attached hydrogens (tertiary/aromatic N) is 1. The molecule has 0 radical (unpaired) electrons. The second kappa shape index (κ2) is 7.17. The SMILES string of the molecule is CN(C(=O)COc1ccc(N)cc1)C1CCCCCC1. The summed E-state index contributed by atoms with van der Waals surface area (Å²) in [5.41, 5.74) is 6.31. The fourth-order valence-corrected chi connectivity index (χ4v) is 2.66. The largest absolute Gasteiger partial charge is 0.484 e. The lowest BCUT2D eigenvalue weighted by atomic mass is 10.1. The molecule has 0 bridgehead atoms. The molecule has 0 unspecified atom stereocenters. The lowest BCUT2D eigenvalue weighted by Gasteiger charge is -2.27. The molecule has 0 saturated heterocycles. The van der Waals surface area contributed by atoms with Crippen LogP contribution in [0.3, 0.4) is 0 Å². The summed E-state index contributed by atoms with van der Waals surface area (Å²) in [5.74, 6) is 0.732. The Morgan fingerprint density at radius 3 is 2.40 bits per heavy atom. The lowest BCUT2D eigenvalue weighted by molar-refractivity contribution is -0.134. The van der Waals surface area contributed by atoms with Crippen molar-refractivity contribution in [1.29, 1.82) is 0 Å². The molecule has 0 spiro atoms. The summed E-state index contributed by atoms with van der Waals surface area (Å²) < 4.78 is 5.52. The Balaban J connectivity index is 1.82. The molecule has 1 aliphatic rings. The number of nitrogens with two attached hydrogens (primary N) is 1. The summed E-state index contributed by atoms with van der Waals surface area (Å²) >= 11 is 0. The van der Waals surface area contributed by atoms with Gasteiger partial charge >= 0.3 is 0 Å². The highest BCUT2D eigenvalue weighted by molar-refractivity contribution is 5.77. The van der Waals surface area contributed by atoms with E-state index in [9.17, 15) is 4.79 Å². The van der Waals surface area contributed by atoms with E-state index in [4.69, 9.17) is 10.5 Å². The van der Waals surface area contributed by atoms with E-state index >= 15 is 0 Å². The van der Waals surface area contributed by atoms with E-state index < -0.39 is 0 Å². The van der Waals surface area contributed by atoms with Crippen LogP contribution in [0.5, 0.6) is 5.75 Å². The average Bonchev–Trinajstić information content (AvgIpc) is 2.74. The number of amides is 1. The molecule has 110 valence electrons. The van der Waals surface area contributed by atoms with E-state index in [1.54, 1.807) is 24.3 Å². The van der Waals surface area contributed by atoms with Crippen molar-refractivity contribution in [1.82, 2.24) is 4.90 Å². The fourth-order valence-electron chi connectivity index (χ4n) is 2.66. The van der Waals surface area contributed by atoms with E-state index in [0.717, 1.165) is 12.8 Å². The summed E-state index contributed by atoms with van der Waals surface area (Å²) in [6.07, 6.45) is 7.26. The van der Waals surface area contributed by atoms with Gasteiger partial charge < -0.3 is 15.4 Å². The first-order valence-corrected chi connectivity index (χ1v) is 7.41. The van der Waals surface area contributed by atoms with E-state index in [2.05, 4.69) is 0 Å². The van der Waals surface area contributed by atoms with Crippen LogP contribution in [0.4, 0.5) is 5.69 Å². The molecule has 4 nitrogen and oxygen atoms in total. The number of ether oxygens (including phenoxy) is 1. The summed E-state index contributed by atoms with van der Waals surface area (Å²) in [7, 11) is 1.89. The number of hydrogen-bond acceptors (Lipinski definition) is 3. The molecule has 0 aromatic heterocycles. The highest BCUT2D eigenvalue weighted by Gasteiger charge is 2.21. The van der Waals surface area contributed by atoms with Crippen LogP contribution < -0.4 is 10.5 Å². The maximum absolute atomic E-state index is 12.2. The van der Waals surface area contributed by atoms with Crippen molar-refractivity contribution >= 4 is 11.6 Å². The molecule has 1 aromatic carbocycles. The van der Waals surface area contributed by atoms with Crippen LogP contribution in [-0.2, 0) is 4.79 Å². The standard InChI is InChI=1S/C16H24N2O2/c1-18(14-6-4-2-3-5-7-14)16(19)12-20-15-10-8-13(17)9-11-15/h8-11,14H,2-7,12,17H2,1H3. The minimum atomic E-state index is 0.0497. The summed E-state index contributed by atoms with van der Waals surface area (Å²) in [6.45, 7) is 0.0942. The van der Waals surface area contributed by atoms with Gasteiger partial charge in [0.1, 0.15) is 5.75 Å². The van der Waals surface area contributed by atoms with Gasteiger partial charge in [0.25, 0.3) is 5.91 Å². The van der Waals surface area contributed by atoms with E-state index in [1.165, 1.54) is 25.7 Å². The topological polar surface area (TPSA) is 55.6 Å². The molecular formula is C16H24N2O2. The van der Waals surface area contributed by atoms with Gasteiger partial charge in [-0.05, 0) is 37.1 Å². The van der Waals surface area contributed by atoms with Crippen LogP contribution in [0.2, 0.25) is 0 Å². The van der Waals surface area contributed by atoms with Crippen LogP contribution in [0.1, 0.15) is 38.5 Å². The molecule has 1 aromatic rings. The second-order valence-electron chi connectivity index (χ2n) is 5.51. The van der Waals surface area contributed by atoms with Gasteiger partial charge in [-0.25, -0.2) is 0 Å². The zero-order valence-electron chi connectivity index (χ0n) is 12.2. The van der Waals surface area contributed by atoms with Crippen LogP contribution in [-0.4, -0.2) is 30.5 Å². The molecule has 2 rings (SSSR count). The van der Waals surface area contributed by atoms with Crippen molar-refractivity contribution in [2.75, 3.05) is 19.4 Å². The van der Waals surface area contributed by atoms with Gasteiger partial charge in [-0.3, -0.25) is 4.79 Å². The number of anilines is 1. The van der Waals surface area contributed by atoms with Crippen LogP contribution >= 0.6 is 0 Å². The minimum Gasteiger partial charge on any atom is -0.484 e. The molecule has 2 N–H and O–H groups in total. The molecular weight excluding hydrogens is 252 g/mol. The number of benzene rings is 1. The Kier molecular flexibility index (Phi) is 5.27. The molecule has 1 fully saturated rings. The van der Waals surface area contributed by atoms with Gasteiger partial charge in [0.15, 0.2) is 6.61 Å². The predicted octanol–water partition coefficient (Wildman–Crippen LogP) is 2.83. The molecule has 1 aliphatic carbocycles. The Morgan fingerprint density at radius 1 is 1.20 bits per heavy atom. The molecule has 1 saturated carbocycles. The van der Waals surface area contributed by atoms with Gasteiger partial charge in [0.05, 0.1) is 0 Å². The quantitative estimate of drug-likeness (QED) is 0.679. The van der Waals surface area contributed by atoms with Gasteiger partial charge in [-0.15, -0.1) is 0 Å². The smallest absolute Gasteiger partial charge is 0.260 e. The zero-order chi connectivity index (χ0) is 14.4. The van der Waals surface area contributed by atoms with E-state index in [-0.39, 0.29) is 12.5 Å². The molecule has 0 aliphatic heterocycles. The third-order valence-corrected chi connectivity index (χ3v) is 4.01. The first-order chi connectivity index (χ1) is 9.66. The van der Waals surface area contributed by atoms with Crippen molar-refractivity contribution in [3.05, 3.63) is 24.3 Å². The number of hydrogen-bond donors (Lipinski definition) is 1. The van der Waals surface area contributed by atoms with E-state index in [0.29, 0.717) is 17.5 Å². The summed E-state index contributed by atoms with van der Waals surface area (Å²) in [4.78, 5) is 14.0. The molecule has 0 atom stereocenters. The number of carbonyl (C=O) groups excluding carboxylic acids is 1. The van der Waals surface area contributed by atoms with Crippen LogP contribution in [0, 0.1) is 0 Å². The number of nitrogen functional groups attached to an aromatic ring is 1. The Morgan fingerprint density at radius 2 is 1.80 bits per heavy atom. The first kappa shape index (κ1) is 14.7. The Labute approximate surface area is 120 Å². The zero-order valence-corrected chi connectivity index (χ0v) is 12.2. The maximum atomic E-state index is 12.2.